The second kappa shape index (κ2) is 12.2. The van der Waals surface area contributed by atoms with Crippen LogP contribution in [0.2, 0.25) is 5.02 Å². The van der Waals surface area contributed by atoms with Crippen molar-refractivity contribution in [3.63, 3.8) is 0 Å². The maximum Gasteiger partial charge on any atom is 0.436 e. The molecule has 0 fully saturated rings. The van der Waals surface area contributed by atoms with E-state index in [4.69, 9.17) is 11.6 Å². The number of carbonyl (C=O) groups excluding carboxylic acids is 1. The number of alkyl halides is 3. The lowest BCUT2D eigenvalue weighted by atomic mass is 9.95. The minimum atomic E-state index is -4.69. The van der Waals surface area contributed by atoms with Gasteiger partial charge in [0.2, 0.25) is 5.91 Å². The van der Waals surface area contributed by atoms with Gasteiger partial charge in [-0.2, -0.15) is 18.4 Å². The van der Waals surface area contributed by atoms with E-state index in [0.29, 0.717) is 41.8 Å². The number of carbonyl (C=O) groups is 1. The molecular formula is C32H24ClF3N8O2. The van der Waals surface area contributed by atoms with Crippen LogP contribution < -0.4 is 10.9 Å². The maximum absolute atomic E-state index is 13.7. The van der Waals surface area contributed by atoms with Crippen molar-refractivity contribution in [3.05, 3.63) is 106 Å². The number of benzene rings is 2. The maximum atomic E-state index is 13.7. The highest BCUT2D eigenvalue weighted by Gasteiger charge is 2.35. The highest BCUT2D eigenvalue weighted by atomic mass is 35.5. The fourth-order valence-electron chi connectivity index (χ4n) is 5.42. The van der Waals surface area contributed by atoms with Crippen molar-refractivity contribution in [2.45, 2.75) is 38.4 Å². The van der Waals surface area contributed by atoms with Crippen molar-refractivity contribution in [3.8, 4) is 34.1 Å². The van der Waals surface area contributed by atoms with E-state index in [-0.39, 0.29) is 33.8 Å². The molecule has 2 bridgehead atoms. The largest absolute Gasteiger partial charge is 0.436 e. The predicted octanol–water partition coefficient (Wildman–Crippen LogP) is 6.44. The minimum absolute atomic E-state index is 0.171. The van der Waals surface area contributed by atoms with Gasteiger partial charge >= 0.3 is 6.18 Å². The lowest BCUT2D eigenvalue weighted by Crippen LogP contribution is -2.27. The van der Waals surface area contributed by atoms with Crippen molar-refractivity contribution in [1.29, 1.82) is 5.26 Å². The van der Waals surface area contributed by atoms with Crippen molar-refractivity contribution >= 4 is 23.2 Å². The first-order valence-electron chi connectivity index (χ1n) is 14.2. The van der Waals surface area contributed by atoms with Crippen LogP contribution in [0, 0.1) is 17.2 Å². The Morgan fingerprint density at radius 3 is 2.59 bits per heavy atom. The van der Waals surface area contributed by atoms with E-state index in [1.54, 1.807) is 30.5 Å². The third kappa shape index (κ3) is 6.12. The molecule has 5 aromatic rings. The summed E-state index contributed by atoms with van der Waals surface area (Å²) in [6.07, 6.45) is 0.629. The van der Waals surface area contributed by atoms with Gasteiger partial charge in [-0.3, -0.25) is 19.1 Å². The normalized spacial score (nSPS) is 16.8. The SMILES string of the molecule is CC1CCCC(n2cnc(-c3cc(Cl)ccc3-n3cc(C(F)(F)F)nn3)cc2=O)c2cc(ccn2)-c2ccc(C#N)cc2NC1=O. The second-order valence-electron chi connectivity index (χ2n) is 10.9. The lowest BCUT2D eigenvalue weighted by molar-refractivity contribution is -0.141. The van der Waals surface area contributed by atoms with Gasteiger partial charge in [-0.05, 0) is 60.9 Å². The van der Waals surface area contributed by atoms with Crippen LogP contribution in [0.3, 0.4) is 0 Å². The average Bonchev–Trinajstić information content (AvgIpc) is 3.54. The Kier molecular flexibility index (Phi) is 8.14. The highest BCUT2D eigenvalue weighted by molar-refractivity contribution is 6.31. The summed E-state index contributed by atoms with van der Waals surface area (Å²) in [6, 6.07) is 16.0. The third-order valence-corrected chi connectivity index (χ3v) is 8.07. The van der Waals surface area contributed by atoms with Gasteiger partial charge in [-0.1, -0.05) is 36.2 Å². The summed E-state index contributed by atoms with van der Waals surface area (Å²) in [5.41, 5.74) is 1.96. The number of hydrogen-bond acceptors (Lipinski definition) is 7. The molecule has 0 radical (unpaired) electrons. The summed E-state index contributed by atoms with van der Waals surface area (Å²) in [7, 11) is 0. The smallest absolute Gasteiger partial charge is 0.325 e. The Balaban J connectivity index is 1.42. The molecule has 0 aliphatic carbocycles. The van der Waals surface area contributed by atoms with Crippen LogP contribution in [0.4, 0.5) is 18.9 Å². The molecule has 0 spiro atoms. The van der Waals surface area contributed by atoms with Gasteiger partial charge in [0, 0.05) is 40.0 Å². The van der Waals surface area contributed by atoms with Crippen LogP contribution >= 0.6 is 11.6 Å². The Morgan fingerprint density at radius 2 is 1.85 bits per heavy atom. The minimum Gasteiger partial charge on any atom is -0.325 e. The third-order valence-electron chi connectivity index (χ3n) is 7.84. The number of rotatable bonds is 3. The summed E-state index contributed by atoms with van der Waals surface area (Å²) in [5.74, 6) is -0.531. The fourth-order valence-corrected chi connectivity index (χ4v) is 5.59. The van der Waals surface area contributed by atoms with Crippen LogP contribution in [-0.4, -0.2) is 35.4 Å². The van der Waals surface area contributed by atoms with E-state index in [1.165, 1.54) is 35.2 Å². The van der Waals surface area contributed by atoms with Gasteiger partial charge in [0.15, 0.2) is 5.69 Å². The van der Waals surface area contributed by atoms with Crippen molar-refractivity contribution in [2.24, 2.45) is 5.92 Å². The van der Waals surface area contributed by atoms with Crippen LogP contribution in [0.25, 0.3) is 28.1 Å². The van der Waals surface area contributed by atoms with E-state index < -0.39 is 23.5 Å². The molecule has 4 heterocycles. The lowest BCUT2D eigenvalue weighted by Gasteiger charge is -2.23. The Bertz CT molecular complexity index is 2070. The highest BCUT2D eigenvalue weighted by Crippen LogP contribution is 2.34. The Morgan fingerprint density at radius 1 is 1.02 bits per heavy atom. The standard InChI is InChI=1S/C32H24ClF3N8O2/c1-18-3-2-4-28(26-12-20(9-10-38-26)22-7-5-19(15-37)11-25(22)40-31(18)46)43-17-39-24(14-30(43)45)23-13-21(33)6-8-27(23)44-16-29(41-42-44)32(34,35)36/h5-14,16-18,28H,2-4H2,1H3,(H,40,46). The zero-order valence-corrected chi connectivity index (χ0v) is 24.9. The van der Waals surface area contributed by atoms with E-state index in [2.05, 4.69) is 31.7 Å². The van der Waals surface area contributed by atoms with Gasteiger partial charge in [0.25, 0.3) is 5.56 Å². The molecule has 1 N–H and O–H groups in total. The first-order valence-corrected chi connectivity index (χ1v) is 14.6. The molecule has 2 atom stereocenters. The van der Waals surface area contributed by atoms with Gasteiger partial charge in [0.1, 0.15) is 0 Å². The van der Waals surface area contributed by atoms with Crippen molar-refractivity contribution < 1.29 is 18.0 Å². The number of anilines is 1. The number of nitrogens with one attached hydrogen (secondary N) is 1. The second-order valence-corrected chi connectivity index (χ2v) is 11.3. The molecule has 232 valence electrons. The molecule has 2 unspecified atom stereocenters. The van der Waals surface area contributed by atoms with E-state index in [0.717, 1.165) is 16.4 Å². The topological polar surface area (TPSA) is 131 Å². The number of halogens is 4. The molecule has 46 heavy (non-hydrogen) atoms. The Hall–Kier alpha value is -5.35. The number of pyridine rings is 1. The first kappa shape index (κ1) is 30.7. The number of aromatic nitrogens is 6. The van der Waals surface area contributed by atoms with Crippen LogP contribution in [-0.2, 0) is 11.0 Å². The van der Waals surface area contributed by atoms with Gasteiger partial charge in [-0.25, -0.2) is 9.67 Å². The Labute approximate surface area is 265 Å². The monoisotopic (exact) mass is 644 g/mol. The zero-order chi connectivity index (χ0) is 32.6. The molecule has 0 saturated heterocycles. The first-order chi connectivity index (χ1) is 22.0. The van der Waals surface area contributed by atoms with E-state index in [9.17, 15) is 28.0 Å². The number of hydrogen-bond donors (Lipinski definition) is 1. The molecule has 2 aromatic carbocycles. The quantitative estimate of drug-likeness (QED) is 0.239. The summed E-state index contributed by atoms with van der Waals surface area (Å²) < 4.78 is 42.1. The zero-order valence-electron chi connectivity index (χ0n) is 24.2. The summed E-state index contributed by atoms with van der Waals surface area (Å²) >= 11 is 6.24. The molecular weight excluding hydrogens is 621 g/mol. The van der Waals surface area contributed by atoms with E-state index in [1.807, 2.05) is 13.0 Å². The molecule has 6 rings (SSSR count). The van der Waals surface area contributed by atoms with Crippen LogP contribution in [0.1, 0.15) is 49.2 Å². The molecule has 3 aromatic heterocycles. The number of nitrogens with zero attached hydrogens (tertiary/aromatic N) is 7. The van der Waals surface area contributed by atoms with Gasteiger partial charge in [-0.15, -0.1) is 5.10 Å². The number of amides is 1. The van der Waals surface area contributed by atoms with Gasteiger partial charge in [0.05, 0.1) is 47.3 Å². The number of nitriles is 1. The molecule has 0 saturated carbocycles. The van der Waals surface area contributed by atoms with Crippen LogP contribution in [0.5, 0.6) is 0 Å². The molecule has 1 aliphatic rings. The van der Waals surface area contributed by atoms with Crippen LogP contribution in [0.15, 0.2) is 78.1 Å². The van der Waals surface area contributed by atoms with Crippen molar-refractivity contribution in [1.82, 2.24) is 29.5 Å². The fraction of sp³-hybridized carbons (Fsp3) is 0.219. The molecule has 1 aliphatic heterocycles. The van der Waals surface area contributed by atoms with Crippen molar-refractivity contribution in [2.75, 3.05) is 5.32 Å². The van der Waals surface area contributed by atoms with E-state index >= 15 is 0 Å². The summed E-state index contributed by atoms with van der Waals surface area (Å²) in [6.45, 7) is 1.82. The molecule has 1 amide bonds. The molecule has 14 heteroatoms. The van der Waals surface area contributed by atoms with Gasteiger partial charge < -0.3 is 5.32 Å². The summed E-state index contributed by atoms with van der Waals surface area (Å²) in [4.78, 5) is 35.9. The summed E-state index contributed by atoms with van der Waals surface area (Å²) in [5, 5.41) is 19.5. The molecule has 10 nitrogen and oxygen atoms in total. The average molecular weight is 645 g/mol. The predicted molar refractivity (Wildman–Crippen MR) is 163 cm³/mol. The number of fused-ring (bicyclic) bond motifs is 4.